The first-order chi connectivity index (χ1) is 12.9. The number of anilines is 1. The number of aromatic nitrogens is 1. The SMILES string of the molecule is COCCOc1cccc2cc(S(=O)(=O)NC(=O)Nc3ncc(Br)s3)sc12. The van der Waals surface area contributed by atoms with Gasteiger partial charge in [0.15, 0.2) is 5.13 Å². The highest BCUT2D eigenvalue weighted by Crippen LogP contribution is 2.35. The van der Waals surface area contributed by atoms with Crippen LogP contribution in [0.3, 0.4) is 0 Å². The van der Waals surface area contributed by atoms with Gasteiger partial charge in [-0.2, -0.15) is 0 Å². The second-order valence-electron chi connectivity index (χ2n) is 5.11. The zero-order chi connectivity index (χ0) is 19.4. The van der Waals surface area contributed by atoms with Gasteiger partial charge in [-0.3, -0.25) is 5.32 Å². The summed E-state index contributed by atoms with van der Waals surface area (Å²) in [6, 6.07) is 5.92. The lowest BCUT2D eigenvalue weighted by Crippen LogP contribution is -2.33. The number of thiazole rings is 1. The molecular formula is C15H14BrN3O5S3. The molecule has 2 N–H and O–H groups in total. The quantitative estimate of drug-likeness (QED) is 0.488. The molecule has 0 fully saturated rings. The fraction of sp³-hybridized carbons (Fsp3) is 0.200. The number of carbonyl (C=O) groups is 1. The monoisotopic (exact) mass is 491 g/mol. The predicted octanol–water partition coefficient (Wildman–Crippen LogP) is 3.66. The average Bonchev–Trinajstić information content (AvgIpc) is 3.21. The first-order valence-electron chi connectivity index (χ1n) is 7.48. The molecule has 0 saturated carbocycles. The third kappa shape index (κ3) is 4.96. The summed E-state index contributed by atoms with van der Waals surface area (Å²) in [5.74, 6) is 0.563. The molecule has 2 heterocycles. The van der Waals surface area contributed by atoms with Crippen LogP contribution in [-0.4, -0.2) is 39.8 Å². The van der Waals surface area contributed by atoms with Crippen molar-refractivity contribution in [1.29, 1.82) is 0 Å². The minimum Gasteiger partial charge on any atom is -0.490 e. The summed E-state index contributed by atoms with van der Waals surface area (Å²) in [5, 5.41) is 3.37. The zero-order valence-electron chi connectivity index (χ0n) is 13.9. The Labute approximate surface area is 171 Å². The molecule has 0 bridgehead atoms. The highest BCUT2D eigenvalue weighted by molar-refractivity contribution is 9.11. The summed E-state index contributed by atoms with van der Waals surface area (Å²) in [6.07, 6.45) is 1.51. The molecule has 2 amide bonds. The minimum absolute atomic E-state index is 0.00996. The van der Waals surface area contributed by atoms with E-state index in [1.807, 2.05) is 4.72 Å². The molecule has 3 aromatic rings. The van der Waals surface area contributed by atoms with Gasteiger partial charge in [0.25, 0.3) is 10.0 Å². The number of thiophene rings is 1. The average molecular weight is 492 g/mol. The van der Waals surface area contributed by atoms with Crippen molar-refractivity contribution in [2.75, 3.05) is 25.6 Å². The highest BCUT2D eigenvalue weighted by Gasteiger charge is 2.22. The van der Waals surface area contributed by atoms with Crippen molar-refractivity contribution in [3.05, 3.63) is 34.2 Å². The smallest absolute Gasteiger partial charge is 0.334 e. The van der Waals surface area contributed by atoms with Gasteiger partial charge in [-0.15, -0.1) is 11.3 Å². The van der Waals surface area contributed by atoms with Gasteiger partial charge in [0.05, 0.1) is 21.3 Å². The Morgan fingerprint density at radius 2 is 2.11 bits per heavy atom. The van der Waals surface area contributed by atoms with Gasteiger partial charge in [-0.1, -0.05) is 23.5 Å². The second kappa shape index (κ2) is 8.52. The summed E-state index contributed by atoms with van der Waals surface area (Å²) in [4.78, 5) is 15.9. The van der Waals surface area contributed by atoms with E-state index >= 15 is 0 Å². The molecule has 0 saturated heterocycles. The molecule has 0 aliphatic rings. The molecule has 8 nitrogen and oxygen atoms in total. The molecule has 0 aliphatic heterocycles. The Bertz CT molecular complexity index is 1060. The Balaban J connectivity index is 1.78. The number of ether oxygens (including phenoxy) is 2. The summed E-state index contributed by atoms with van der Waals surface area (Å²) in [6.45, 7) is 0.765. The van der Waals surface area contributed by atoms with Gasteiger partial charge < -0.3 is 9.47 Å². The van der Waals surface area contributed by atoms with E-state index in [4.69, 9.17) is 9.47 Å². The number of benzene rings is 1. The van der Waals surface area contributed by atoms with Crippen LogP contribution in [0.25, 0.3) is 10.1 Å². The van der Waals surface area contributed by atoms with Crippen molar-refractivity contribution in [2.24, 2.45) is 0 Å². The van der Waals surface area contributed by atoms with Crippen molar-refractivity contribution in [1.82, 2.24) is 9.71 Å². The molecule has 0 spiro atoms. The molecule has 27 heavy (non-hydrogen) atoms. The molecule has 0 aliphatic carbocycles. The van der Waals surface area contributed by atoms with Crippen molar-refractivity contribution in [2.45, 2.75) is 4.21 Å². The Kier molecular flexibility index (Phi) is 6.32. The number of fused-ring (bicyclic) bond motifs is 1. The van der Waals surface area contributed by atoms with E-state index in [0.717, 1.165) is 11.3 Å². The topological polar surface area (TPSA) is 107 Å². The number of urea groups is 1. The maximum absolute atomic E-state index is 12.5. The molecule has 0 radical (unpaired) electrons. The third-order valence-corrected chi connectivity index (χ3v) is 7.58. The molecule has 0 unspecified atom stereocenters. The van der Waals surface area contributed by atoms with Crippen molar-refractivity contribution < 1.29 is 22.7 Å². The van der Waals surface area contributed by atoms with E-state index in [0.29, 0.717) is 32.8 Å². The number of nitrogens with zero attached hydrogens (tertiary/aromatic N) is 1. The van der Waals surface area contributed by atoms with Crippen LogP contribution in [0, 0.1) is 0 Å². The van der Waals surface area contributed by atoms with E-state index in [1.165, 1.54) is 23.6 Å². The normalized spacial score (nSPS) is 11.5. The van der Waals surface area contributed by atoms with Crippen LogP contribution in [0.2, 0.25) is 0 Å². The summed E-state index contributed by atoms with van der Waals surface area (Å²) in [5.41, 5.74) is 0. The maximum atomic E-state index is 12.5. The summed E-state index contributed by atoms with van der Waals surface area (Å²) >= 11 is 5.41. The number of carbonyl (C=O) groups excluding carboxylic acids is 1. The molecule has 1 aromatic carbocycles. The van der Waals surface area contributed by atoms with E-state index in [9.17, 15) is 13.2 Å². The molecule has 2 aromatic heterocycles. The Hall–Kier alpha value is -1.73. The highest BCUT2D eigenvalue weighted by atomic mass is 79.9. The standard InChI is InChI=1S/C15H14BrN3O5S3/c1-23-5-6-24-10-4-2-3-9-7-12(26-13(9)10)27(21,22)19-14(20)18-15-17-8-11(16)25-15/h2-4,7-8H,5-6H2,1H3,(H2,17,18,19,20). The first-order valence-corrected chi connectivity index (χ1v) is 11.4. The van der Waals surface area contributed by atoms with Crippen LogP contribution in [0.15, 0.2) is 38.5 Å². The zero-order valence-corrected chi connectivity index (χ0v) is 17.9. The molecule has 144 valence electrons. The number of rotatable bonds is 7. The lowest BCUT2D eigenvalue weighted by molar-refractivity contribution is 0.147. The number of methoxy groups -OCH3 is 1. The van der Waals surface area contributed by atoms with E-state index in [-0.39, 0.29) is 9.34 Å². The summed E-state index contributed by atoms with van der Waals surface area (Å²) in [7, 11) is -2.46. The second-order valence-corrected chi connectivity index (χ2v) is 10.5. The van der Waals surface area contributed by atoms with Gasteiger partial charge in [0, 0.05) is 7.11 Å². The van der Waals surface area contributed by atoms with Gasteiger partial charge in [-0.05, 0) is 33.4 Å². The predicted molar refractivity (Wildman–Crippen MR) is 108 cm³/mol. The molecule has 3 rings (SSSR count). The Morgan fingerprint density at radius 1 is 1.30 bits per heavy atom. The van der Waals surface area contributed by atoms with Crippen molar-refractivity contribution >= 4 is 69.9 Å². The fourth-order valence-electron chi connectivity index (χ4n) is 2.10. The van der Waals surface area contributed by atoms with Crippen LogP contribution < -0.4 is 14.8 Å². The first kappa shape index (κ1) is 20.0. The van der Waals surface area contributed by atoms with Gasteiger partial charge in [0.1, 0.15) is 16.6 Å². The van der Waals surface area contributed by atoms with Crippen LogP contribution in [0.1, 0.15) is 0 Å². The van der Waals surface area contributed by atoms with E-state index in [2.05, 4.69) is 26.2 Å². The number of amides is 2. The minimum atomic E-state index is -4.04. The molecule has 12 heteroatoms. The van der Waals surface area contributed by atoms with Crippen LogP contribution >= 0.6 is 38.6 Å². The lowest BCUT2D eigenvalue weighted by Gasteiger charge is -2.06. The van der Waals surface area contributed by atoms with Gasteiger partial charge >= 0.3 is 6.03 Å². The third-order valence-electron chi connectivity index (χ3n) is 3.22. The van der Waals surface area contributed by atoms with E-state index in [1.54, 1.807) is 25.3 Å². The van der Waals surface area contributed by atoms with Gasteiger partial charge in [-0.25, -0.2) is 22.9 Å². The van der Waals surface area contributed by atoms with Crippen molar-refractivity contribution in [3.8, 4) is 5.75 Å². The Morgan fingerprint density at radius 3 is 2.81 bits per heavy atom. The largest absolute Gasteiger partial charge is 0.490 e. The number of sulfonamides is 1. The van der Waals surface area contributed by atoms with Crippen molar-refractivity contribution in [3.63, 3.8) is 0 Å². The number of hydrogen-bond acceptors (Lipinski definition) is 8. The number of nitrogens with one attached hydrogen (secondary N) is 2. The van der Waals surface area contributed by atoms with E-state index < -0.39 is 16.1 Å². The number of hydrogen-bond donors (Lipinski definition) is 2. The number of halogens is 1. The van der Waals surface area contributed by atoms with Gasteiger partial charge in [0.2, 0.25) is 0 Å². The maximum Gasteiger partial charge on any atom is 0.334 e. The summed E-state index contributed by atoms with van der Waals surface area (Å²) < 4.78 is 39.0. The van der Waals surface area contributed by atoms with Crippen LogP contribution in [0.4, 0.5) is 9.93 Å². The fourth-order valence-corrected chi connectivity index (χ4v) is 5.55. The van der Waals surface area contributed by atoms with Crippen LogP contribution in [0.5, 0.6) is 5.75 Å². The van der Waals surface area contributed by atoms with Crippen LogP contribution in [-0.2, 0) is 14.8 Å². The molecular weight excluding hydrogens is 478 g/mol. The lowest BCUT2D eigenvalue weighted by atomic mass is 10.2. The molecule has 0 atom stereocenters.